The minimum atomic E-state index is 1.22. The third kappa shape index (κ3) is 1.05. The molecule has 1 aliphatic heterocycles. The molecule has 1 N–H and O–H groups in total. The number of rotatable bonds is 0. The first-order chi connectivity index (χ1) is 3.70. The molecular formula is C4H8IN3. The van der Waals surface area contributed by atoms with Crippen LogP contribution < -0.4 is 5.53 Å². The maximum Gasteiger partial charge on any atom is 0.0777 e. The van der Waals surface area contributed by atoms with Crippen LogP contribution in [-0.4, -0.2) is 15.3 Å². The first-order valence-electron chi connectivity index (χ1n) is 2.33. The van der Waals surface area contributed by atoms with E-state index < -0.39 is 0 Å². The van der Waals surface area contributed by atoms with Gasteiger partial charge in [-0.05, 0) is 6.92 Å². The fraction of sp³-hybridized carbons (Fsp3) is 0.500. The molecule has 0 aromatic carbocycles. The molecule has 0 amide bonds. The van der Waals surface area contributed by atoms with Crippen LogP contribution in [0.4, 0.5) is 0 Å². The number of nitrogens with one attached hydrogen (secondary N) is 1. The Bertz CT molecular complexity index is 122. The minimum Gasteiger partial charge on any atom is -0.296 e. The highest BCUT2D eigenvalue weighted by Crippen LogP contribution is 2.10. The normalized spacial score (nSPS) is 19.6. The van der Waals surface area contributed by atoms with Gasteiger partial charge in [-0.15, -0.1) is 5.53 Å². The second-order valence-electron chi connectivity index (χ2n) is 1.74. The van der Waals surface area contributed by atoms with Crippen molar-refractivity contribution in [3.63, 3.8) is 0 Å². The summed E-state index contributed by atoms with van der Waals surface area (Å²) in [7, 11) is 1.98. The summed E-state index contributed by atoms with van der Waals surface area (Å²) in [5.41, 5.74) is 4.25. The van der Waals surface area contributed by atoms with Gasteiger partial charge in [-0.25, -0.2) is 3.22 Å². The summed E-state index contributed by atoms with van der Waals surface area (Å²) in [6.07, 6.45) is 2.01. The molecule has 8 heavy (non-hydrogen) atoms. The van der Waals surface area contributed by atoms with Crippen LogP contribution in [0.3, 0.4) is 0 Å². The molecule has 0 saturated carbocycles. The Hall–Kier alpha value is 0.0300. The van der Waals surface area contributed by atoms with E-state index in [4.69, 9.17) is 0 Å². The molecule has 0 aromatic rings. The smallest absolute Gasteiger partial charge is 0.0777 e. The van der Waals surface area contributed by atoms with E-state index in [-0.39, 0.29) is 0 Å². The van der Waals surface area contributed by atoms with Gasteiger partial charge < -0.3 is 0 Å². The van der Waals surface area contributed by atoms with Crippen molar-refractivity contribution in [1.29, 1.82) is 0 Å². The van der Waals surface area contributed by atoms with Gasteiger partial charge in [0.15, 0.2) is 0 Å². The summed E-state index contributed by atoms with van der Waals surface area (Å²) in [4.78, 5) is 0. The van der Waals surface area contributed by atoms with Gasteiger partial charge in [0.2, 0.25) is 0 Å². The highest BCUT2D eigenvalue weighted by Gasteiger charge is 2.08. The third-order valence-corrected chi connectivity index (χ3v) is 1.57. The van der Waals surface area contributed by atoms with Crippen molar-refractivity contribution >= 4 is 22.9 Å². The highest BCUT2D eigenvalue weighted by molar-refractivity contribution is 14.1. The monoisotopic (exact) mass is 225 g/mol. The lowest BCUT2D eigenvalue weighted by molar-refractivity contribution is 0.254. The maximum atomic E-state index is 3.03. The van der Waals surface area contributed by atoms with Crippen LogP contribution in [0.25, 0.3) is 0 Å². The molecule has 1 rings (SSSR count). The van der Waals surface area contributed by atoms with Gasteiger partial charge in [0, 0.05) is 18.9 Å². The van der Waals surface area contributed by atoms with Crippen molar-refractivity contribution in [2.45, 2.75) is 6.92 Å². The van der Waals surface area contributed by atoms with E-state index >= 15 is 0 Å². The number of nitrogens with zero attached hydrogens (tertiary/aromatic N) is 2. The van der Waals surface area contributed by atoms with Gasteiger partial charge in [-0.3, -0.25) is 5.01 Å². The van der Waals surface area contributed by atoms with Gasteiger partial charge in [0.25, 0.3) is 0 Å². The Morgan fingerprint density at radius 3 is 2.50 bits per heavy atom. The number of halogens is 1. The summed E-state index contributed by atoms with van der Waals surface area (Å²) in [6, 6.07) is 0. The molecule has 0 radical (unpaired) electrons. The Labute approximate surface area is 62.8 Å². The van der Waals surface area contributed by atoms with Crippen molar-refractivity contribution in [1.82, 2.24) is 13.8 Å². The van der Waals surface area contributed by atoms with Crippen LogP contribution in [0.2, 0.25) is 0 Å². The first kappa shape index (κ1) is 6.15. The zero-order chi connectivity index (χ0) is 6.15. The Morgan fingerprint density at radius 1 is 1.75 bits per heavy atom. The average Bonchev–Trinajstić information content (AvgIpc) is 1.85. The third-order valence-electron chi connectivity index (χ3n) is 1.07. The SMILES string of the molecule is CC1=CN(I)NN1C. The maximum absolute atomic E-state index is 3.03. The van der Waals surface area contributed by atoms with Crippen LogP contribution in [0.15, 0.2) is 11.9 Å². The average molecular weight is 225 g/mol. The van der Waals surface area contributed by atoms with Crippen molar-refractivity contribution in [3.8, 4) is 0 Å². The predicted octanol–water partition coefficient (Wildman–Crippen LogP) is 0.865. The molecule has 0 saturated heterocycles. The molecule has 0 spiro atoms. The molecule has 0 fully saturated rings. The molecule has 0 bridgehead atoms. The summed E-state index contributed by atoms with van der Waals surface area (Å²) >= 11 is 2.17. The lowest BCUT2D eigenvalue weighted by Crippen LogP contribution is -2.31. The van der Waals surface area contributed by atoms with Gasteiger partial charge in [-0.1, -0.05) is 0 Å². The summed E-state index contributed by atoms with van der Waals surface area (Å²) in [6.45, 7) is 2.05. The van der Waals surface area contributed by atoms with Crippen molar-refractivity contribution in [2.75, 3.05) is 7.05 Å². The number of hydrogen-bond donors (Lipinski definition) is 1. The Morgan fingerprint density at radius 2 is 2.38 bits per heavy atom. The molecule has 0 atom stereocenters. The van der Waals surface area contributed by atoms with E-state index in [9.17, 15) is 0 Å². The second-order valence-corrected chi connectivity index (χ2v) is 2.78. The topological polar surface area (TPSA) is 18.5 Å². The molecule has 0 unspecified atom stereocenters. The van der Waals surface area contributed by atoms with Crippen LogP contribution in [0.1, 0.15) is 6.92 Å². The fourth-order valence-corrected chi connectivity index (χ4v) is 1.23. The summed E-state index contributed by atoms with van der Waals surface area (Å²) in [5, 5.41) is 1.95. The van der Waals surface area contributed by atoms with Gasteiger partial charge >= 0.3 is 0 Å². The van der Waals surface area contributed by atoms with E-state index in [1.54, 1.807) is 0 Å². The van der Waals surface area contributed by atoms with Crippen molar-refractivity contribution < 1.29 is 0 Å². The van der Waals surface area contributed by atoms with Crippen LogP contribution in [0, 0.1) is 0 Å². The van der Waals surface area contributed by atoms with Gasteiger partial charge in [0.05, 0.1) is 22.9 Å². The molecular weight excluding hydrogens is 217 g/mol. The zero-order valence-corrected chi connectivity index (χ0v) is 7.01. The van der Waals surface area contributed by atoms with Crippen molar-refractivity contribution in [2.24, 2.45) is 0 Å². The first-order valence-corrected chi connectivity index (χ1v) is 3.30. The molecule has 0 aromatic heterocycles. The predicted molar refractivity (Wildman–Crippen MR) is 40.5 cm³/mol. The van der Waals surface area contributed by atoms with E-state index in [0.29, 0.717) is 0 Å². The molecule has 46 valence electrons. The zero-order valence-electron chi connectivity index (χ0n) is 4.85. The lowest BCUT2D eigenvalue weighted by Gasteiger charge is -2.13. The molecule has 1 heterocycles. The van der Waals surface area contributed by atoms with E-state index in [0.717, 1.165) is 0 Å². The van der Waals surface area contributed by atoms with E-state index in [2.05, 4.69) is 28.4 Å². The van der Waals surface area contributed by atoms with Gasteiger partial charge in [0.1, 0.15) is 0 Å². The van der Waals surface area contributed by atoms with Crippen LogP contribution in [0.5, 0.6) is 0 Å². The Kier molecular flexibility index (Phi) is 1.62. The van der Waals surface area contributed by atoms with E-state index in [1.807, 2.05) is 28.4 Å². The van der Waals surface area contributed by atoms with Crippen LogP contribution in [-0.2, 0) is 0 Å². The fourth-order valence-electron chi connectivity index (χ4n) is 0.502. The minimum absolute atomic E-state index is 1.22. The van der Waals surface area contributed by atoms with E-state index in [1.165, 1.54) is 5.70 Å². The highest BCUT2D eigenvalue weighted by atomic mass is 127. The van der Waals surface area contributed by atoms with Crippen LogP contribution >= 0.6 is 22.9 Å². The quantitative estimate of drug-likeness (QED) is 0.487. The number of hydrogen-bond acceptors (Lipinski definition) is 3. The van der Waals surface area contributed by atoms with Crippen molar-refractivity contribution in [3.05, 3.63) is 11.9 Å². The van der Waals surface area contributed by atoms with Gasteiger partial charge in [-0.2, -0.15) is 0 Å². The standard InChI is InChI=1S/C4H8IN3/c1-4-3-8(5)6-7(4)2/h3,6H,1-2H3. The molecule has 4 heteroatoms. The molecule has 0 aliphatic carbocycles. The molecule has 1 aliphatic rings. The Balaban J connectivity index is 2.59. The number of hydrazine groups is 2. The summed E-state index contributed by atoms with van der Waals surface area (Å²) < 4.78 is 1.88. The number of allylic oxidation sites excluding steroid dienone is 1. The lowest BCUT2D eigenvalue weighted by atomic mass is 10.5. The largest absolute Gasteiger partial charge is 0.296 e. The molecule has 3 nitrogen and oxygen atoms in total. The summed E-state index contributed by atoms with van der Waals surface area (Å²) in [5.74, 6) is 0. The second kappa shape index (κ2) is 2.10.